The van der Waals surface area contributed by atoms with E-state index in [0.29, 0.717) is 33.5 Å². The molecule has 1 saturated heterocycles. The first kappa shape index (κ1) is 25.6. The van der Waals surface area contributed by atoms with E-state index in [4.69, 9.17) is 33.9 Å². The van der Waals surface area contributed by atoms with Crippen LogP contribution in [0.3, 0.4) is 0 Å². The molecule has 35 heavy (non-hydrogen) atoms. The van der Waals surface area contributed by atoms with Gasteiger partial charge < -0.3 is 11.1 Å². The zero-order valence-electron chi connectivity index (χ0n) is 19.7. The highest BCUT2D eigenvalue weighted by atomic mass is 35.5. The fraction of sp³-hybridized carbons (Fsp3) is 0.333. The molecule has 1 unspecified atom stereocenters. The van der Waals surface area contributed by atoms with Crippen molar-refractivity contribution >= 4 is 29.1 Å². The second kappa shape index (κ2) is 11.5. The summed E-state index contributed by atoms with van der Waals surface area (Å²) in [5.74, 6) is -1.83. The lowest BCUT2D eigenvalue weighted by atomic mass is 9.92. The molecule has 0 bridgehead atoms. The average molecular weight is 515 g/mol. The number of amides is 1. The molecule has 1 aromatic heterocycles. The summed E-state index contributed by atoms with van der Waals surface area (Å²) in [4.78, 5) is 20.0. The summed E-state index contributed by atoms with van der Waals surface area (Å²) in [6, 6.07) is 13.6. The second-order valence-corrected chi connectivity index (χ2v) is 9.76. The van der Waals surface area contributed by atoms with Crippen LogP contribution in [-0.2, 0) is 11.3 Å². The van der Waals surface area contributed by atoms with Crippen LogP contribution in [0.1, 0.15) is 41.1 Å². The number of pyridine rings is 1. The van der Waals surface area contributed by atoms with Crippen LogP contribution in [0, 0.1) is 12.7 Å². The van der Waals surface area contributed by atoms with Crippen molar-refractivity contribution < 1.29 is 9.18 Å². The minimum absolute atomic E-state index is 0.310. The Kier molecular flexibility index (Phi) is 8.39. The smallest absolute Gasteiger partial charge is 0.231 e. The number of hydrogen-bond acceptors (Lipinski definition) is 4. The van der Waals surface area contributed by atoms with Gasteiger partial charge in [0, 0.05) is 27.7 Å². The van der Waals surface area contributed by atoms with E-state index < -0.39 is 11.8 Å². The summed E-state index contributed by atoms with van der Waals surface area (Å²) >= 11 is 12.9. The highest BCUT2D eigenvalue weighted by Crippen LogP contribution is 2.36. The van der Waals surface area contributed by atoms with E-state index in [1.165, 1.54) is 12.1 Å². The highest BCUT2D eigenvalue weighted by Gasteiger charge is 2.28. The maximum absolute atomic E-state index is 13.8. The minimum atomic E-state index is -0.924. The summed E-state index contributed by atoms with van der Waals surface area (Å²) in [5, 5.41) is 4.14. The lowest BCUT2D eigenvalue weighted by Gasteiger charge is -2.26. The topological polar surface area (TPSA) is 71.2 Å². The summed E-state index contributed by atoms with van der Waals surface area (Å²) in [6.07, 6.45) is 2.11. The molecule has 2 aromatic carbocycles. The first-order valence-corrected chi connectivity index (χ1v) is 12.5. The molecule has 1 atom stereocenters. The van der Waals surface area contributed by atoms with Gasteiger partial charge in [-0.15, -0.1) is 0 Å². The Hall–Kier alpha value is -2.51. The van der Waals surface area contributed by atoms with Crippen molar-refractivity contribution in [2.24, 2.45) is 5.73 Å². The Morgan fingerprint density at radius 3 is 2.43 bits per heavy atom. The number of carbonyl (C=O) groups is 1. The number of aryl methyl sites for hydroxylation is 1. The van der Waals surface area contributed by atoms with Gasteiger partial charge in [0.25, 0.3) is 0 Å². The average Bonchev–Trinajstić information content (AvgIpc) is 2.77. The van der Waals surface area contributed by atoms with E-state index in [9.17, 15) is 9.18 Å². The summed E-state index contributed by atoms with van der Waals surface area (Å²) in [5.41, 5.74) is 9.99. The predicted octanol–water partition coefficient (Wildman–Crippen LogP) is 5.31. The number of halogens is 3. The Bertz CT molecular complexity index is 1190. The van der Waals surface area contributed by atoms with Crippen LogP contribution >= 0.6 is 23.2 Å². The molecule has 2 heterocycles. The van der Waals surface area contributed by atoms with Crippen molar-refractivity contribution in [3.8, 4) is 11.3 Å². The number of nitrogens with two attached hydrogens (primary N) is 1. The Balaban J connectivity index is 1.83. The van der Waals surface area contributed by atoms with Gasteiger partial charge in [0.15, 0.2) is 0 Å². The second-order valence-electron chi connectivity index (χ2n) is 8.95. The molecule has 0 radical (unpaired) electrons. The number of hydrogen-bond donors (Lipinski definition) is 2. The zero-order chi connectivity index (χ0) is 24.9. The SMILES string of the molecule is Cc1cc(F)ccc1-c1cc(CN2CCCNCCC2)cc(C(C(N)=O)c2c(Cl)cccc2Cl)n1. The fourth-order valence-corrected chi connectivity index (χ4v) is 5.25. The van der Waals surface area contributed by atoms with Crippen LogP contribution in [0.5, 0.6) is 0 Å². The van der Waals surface area contributed by atoms with Crippen LogP contribution in [-0.4, -0.2) is 42.0 Å². The van der Waals surface area contributed by atoms with E-state index in [0.717, 1.165) is 55.7 Å². The standard InChI is InChI=1S/C27H29Cl2FN4O/c1-17-13-19(30)7-8-20(17)23-14-18(16-34-11-3-9-32-10-4-12-34)15-24(33-23)26(27(31)35)25-21(28)5-2-6-22(25)29/h2,5-8,13-15,26,32H,3-4,9-12,16H2,1H3,(H2,31,35). The number of nitrogens with zero attached hydrogens (tertiary/aromatic N) is 2. The molecule has 1 aliphatic heterocycles. The lowest BCUT2D eigenvalue weighted by molar-refractivity contribution is -0.118. The van der Waals surface area contributed by atoms with Crippen molar-refractivity contribution in [3.05, 3.63) is 86.8 Å². The Labute approximate surface area is 215 Å². The maximum atomic E-state index is 13.8. The molecule has 3 aromatic rings. The zero-order valence-corrected chi connectivity index (χ0v) is 21.2. The van der Waals surface area contributed by atoms with Gasteiger partial charge in [-0.1, -0.05) is 29.3 Å². The molecule has 5 nitrogen and oxygen atoms in total. The third kappa shape index (κ3) is 6.19. The Morgan fingerprint density at radius 1 is 1.11 bits per heavy atom. The maximum Gasteiger partial charge on any atom is 0.231 e. The number of nitrogens with one attached hydrogen (secondary N) is 1. The quantitative estimate of drug-likeness (QED) is 0.467. The summed E-state index contributed by atoms with van der Waals surface area (Å²) in [6.45, 7) is 6.45. The number of primary amides is 1. The number of benzene rings is 2. The molecule has 1 aliphatic rings. The normalized spacial score (nSPS) is 15.9. The third-order valence-electron chi connectivity index (χ3n) is 6.30. The monoisotopic (exact) mass is 514 g/mol. The van der Waals surface area contributed by atoms with Gasteiger partial charge in [-0.2, -0.15) is 0 Å². The number of aromatic nitrogens is 1. The van der Waals surface area contributed by atoms with E-state index >= 15 is 0 Å². The largest absolute Gasteiger partial charge is 0.369 e. The van der Waals surface area contributed by atoms with Crippen molar-refractivity contribution in [3.63, 3.8) is 0 Å². The van der Waals surface area contributed by atoms with E-state index in [1.54, 1.807) is 24.3 Å². The molecule has 3 N–H and O–H groups in total. The van der Waals surface area contributed by atoms with Crippen molar-refractivity contribution in [2.75, 3.05) is 26.2 Å². The van der Waals surface area contributed by atoms with Gasteiger partial charge in [-0.25, -0.2) is 4.39 Å². The number of carbonyl (C=O) groups excluding carboxylic acids is 1. The molecule has 184 valence electrons. The molecule has 4 rings (SSSR count). The molecular weight excluding hydrogens is 486 g/mol. The lowest BCUT2D eigenvalue weighted by Crippen LogP contribution is -2.33. The summed E-state index contributed by atoms with van der Waals surface area (Å²) in [7, 11) is 0. The van der Waals surface area contributed by atoms with Gasteiger partial charge in [-0.05, 0) is 99.5 Å². The first-order chi connectivity index (χ1) is 16.8. The third-order valence-corrected chi connectivity index (χ3v) is 6.96. The van der Waals surface area contributed by atoms with E-state index in [2.05, 4.69) is 10.2 Å². The molecule has 8 heteroatoms. The van der Waals surface area contributed by atoms with Gasteiger partial charge in [0.05, 0.1) is 11.4 Å². The first-order valence-electron chi connectivity index (χ1n) is 11.8. The molecule has 1 fully saturated rings. The van der Waals surface area contributed by atoms with Crippen LogP contribution < -0.4 is 11.1 Å². The van der Waals surface area contributed by atoms with Crippen LogP contribution in [0.15, 0.2) is 48.5 Å². The minimum Gasteiger partial charge on any atom is -0.369 e. The molecular formula is C27H29Cl2FN4O. The predicted molar refractivity (Wildman–Crippen MR) is 139 cm³/mol. The van der Waals surface area contributed by atoms with Crippen LogP contribution in [0.2, 0.25) is 10.0 Å². The van der Waals surface area contributed by atoms with Crippen molar-refractivity contribution in [2.45, 2.75) is 32.2 Å². The summed E-state index contributed by atoms with van der Waals surface area (Å²) < 4.78 is 13.8. The van der Waals surface area contributed by atoms with Crippen LogP contribution in [0.4, 0.5) is 4.39 Å². The number of rotatable bonds is 6. The van der Waals surface area contributed by atoms with Gasteiger partial charge in [0.2, 0.25) is 5.91 Å². The Morgan fingerprint density at radius 2 is 1.80 bits per heavy atom. The van der Waals surface area contributed by atoms with Gasteiger partial charge in [-0.3, -0.25) is 14.7 Å². The van der Waals surface area contributed by atoms with Gasteiger partial charge >= 0.3 is 0 Å². The van der Waals surface area contributed by atoms with Crippen LogP contribution in [0.25, 0.3) is 11.3 Å². The highest BCUT2D eigenvalue weighted by molar-refractivity contribution is 6.36. The van der Waals surface area contributed by atoms with Crippen molar-refractivity contribution in [1.82, 2.24) is 15.2 Å². The molecule has 0 saturated carbocycles. The van der Waals surface area contributed by atoms with E-state index in [-0.39, 0.29) is 5.82 Å². The molecule has 1 amide bonds. The van der Waals surface area contributed by atoms with E-state index in [1.807, 2.05) is 19.1 Å². The fourth-order valence-electron chi connectivity index (χ4n) is 4.63. The molecule has 0 spiro atoms. The van der Waals surface area contributed by atoms with Gasteiger partial charge in [0.1, 0.15) is 11.7 Å². The van der Waals surface area contributed by atoms with Crippen molar-refractivity contribution in [1.29, 1.82) is 0 Å². The molecule has 0 aliphatic carbocycles.